The summed E-state index contributed by atoms with van der Waals surface area (Å²) in [5, 5.41) is 4.63. The van der Waals surface area contributed by atoms with Gasteiger partial charge >= 0.3 is 0 Å². The average molecular weight is 339 g/mol. The molecule has 2 heterocycles. The van der Waals surface area contributed by atoms with Crippen LogP contribution in [-0.4, -0.2) is 62.3 Å². The SMILES string of the molecule is CC(C)OC(=NCCCN1CCOCC1)NC(=O)c1cccs1. The maximum Gasteiger partial charge on any atom is 0.291 e. The highest BCUT2D eigenvalue weighted by molar-refractivity contribution is 7.12. The fourth-order valence-corrected chi connectivity index (χ4v) is 2.81. The highest BCUT2D eigenvalue weighted by Gasteiger charge is 2.12. The van der Waals surface area contributed by atoms with Crippen LogP contribution in [0.3, 0.4) is 0 Å². The molecule has 0 aromatic carbocycles. The van der Waals surface area contributed by atoms with Crippen LogP contribution in [0.25, 0.3) is 0 Å². The van der Waals surface area contributed by atoms with Gasteiger partial charge in [-0.05, 0) is 31.7 Å². The minimum Gasteiger partial charge on any atom is -0.462 e. The van der Waals surface area contributed by atoms with Gasteiger partial charge in [-0.15, -0.1) is 11.3 Å². The number of thiophene rings is 1. The second-order valence-corrected chi connectivity index (χ2v) is 6.54. The molecule has 1 amide bonds. The lowest BCUT2D eigenvalue weighted by molar-refractivity contribution is 0.0377. The molecular formula is C16H25N3O3S. The summed E-state index contributed by atoms with van der Waals surface area (Å²) in [6.45, 7) is 9.03. The lowest BCUT2D eigenvalue weighted by Crippen LogP contribution is -2.37. The molecule has 1 aliphatic heterocycles. The molecule has 1 N–H and O–H groups in total. The molecule has 0 spiro atoms. The van der Waals surface area contributed by atoms with Gasteiger partial charge in [-0.25, -0.2) is 4.99 Å². The van der Waals surface area contributed by atoms with Crippen molar-refractivity contribution in [2.45, 2.75) is 26.4 Å². The number of carbonyl (C=O) groups is 1. The van der Waals surface area contributed by atoms with E-state index in [4.69, 9.17) is 9.47 Å². The topological polar surface area (TPSA) is 63.2 Å². The Labute approximate surface area is 141 Å². The molecule has 0 saturated carbocycles. The van der Waals surface area contributed by atoms with Crippen LogP contribution in [0.4, 0.5) is 0 Å². The number of hydrogen-bond acceptors (Lipinski definition) is 6. The highest BCUT2D eigenvalue weighted by Crippen LogP contribution is 2.08. The molecule has 1 fully saturated rings. The predicted octanol–water partition coefficient (Wildman–Crippen LogP) is 1.98. The Balaban J connectivity index is 1.80. The smallest absolute Gasteiger partial charge is 0.291 e. The number of amidine groups is 1. The van der Waals surface area contributed by atoms with Crippen molar-refractivity contribution in [2.75, 3.05) is 39.4 Å². The van der Waals surface area contributed by atoms with Crippen molar-refractivity contribution in [2.24, 2.45) is 4.99 Å². The summed E-state index contributed by atoms with van der Waals surface area (Å²) in [6, 6.07) is 3.94. The van der Waals surface area contributed by atoms with Gasteiger partial charge in [0.15, 0.2) is 0 Å². The van der Waals surface area contributed by atoms with Gasteiger partial charge in [-0.1, -0.05) is 6.07 Å². The van der Waals surface area contributed by atoms with E-state index in [1.807, 2.05) is 25.3 Å². The van der Waals surface area contributed by atoms with Crippen molar-refractivity contribution in [3.05, 3.63) is 22.4 Å². The zero-order valence-electron chi connectivity index (χ0n) is 13.8. The predicted molar refractivity (Wildman–Crippen MR) is 92.2 cm³/mol. The summed E-state index contributed by atoms with van der Waals surface area (Å²) >= 11 is 1.40. The number of carbonyl (C=O) groups excluding carboxylic acids is 1. The number of ether oxygens (including phenoxy) is 2. The van der Waals surface area contributed by atoms with E-state index in [-0.39, 0.29) is 12.0 Å². The molecule has 0 unspecified atom stereocenters. The number of nitrogens with zero attached hydrogens (tertiary/aromatic N) is 2. The van der Waals surface area contributed by atoms with E-state index in [0.29, 0.717) is 17.4 Å². The Bertz CT molecular complexity index is 497. The van der Waals surface area contributed by atoms with Crippen molar-refractivity contribution in [1.82, 2.24) is 10.2 Å². The number of morpholine rings is 1. The molecule has 23 heavy (non-hydrogen) atoms. The second-order valence-electron chi connectivity index (χ2n) is 5.59. The molecule has 0 bridgehead atoms. The first-order chi connectivity index (χ1) is 11.1. The van der Waals surface area contributed by atoms with E-state index in [2.05, 4.69) is 15.2 Å². The first kappa shape index (κ1) is 17.9. The Hall–Kier alpha value is -1.44. The van der Waals surface area contributed by atoms with Gasteiger partial charge in [0, 0.05) is 26.2 Å². The van der Waals surface area contributed by atoms with Crippen LogP contribution < -0.4 is 5.32 Å². The molecule has 1 saturated heterocycles. The maximum atomic E-state index is 12.1. The first-order valence-corrected chi connectivity index (χ1v) is 8.89. The van der Waals surface area contributed by atoms with Gasteiger partial charge < -0.3 is 9.47 Å². The summed E-state index contributed by atoms with van der Waals surface area (Å²) in [5.74, 6) is -0.174. The summed E-state index contributed by atoms with van der Waals surface area (Å²) in [7, 11) is 0. The van der Waals surface area contributed by atoms with E-state index >= 15 is 0 Å². The van der Waals surface area contributed by atoms with E-state index < -0.39 is 0 Å². The molecule has 128 valence electrons. The summed E-state index contributed by atoms with van der Waals surface area (Å²) in [6.07, 6.45) is 0.899. The molecule has 0 radical (unpaired) electrons. The van der Waals surface area contributed by atoms with Gasteiger partial charge in [-0.2, -0.15) is 0 Å². The molecular weight excluding hydrogens is 314 g/mol. The fourth-order valence-electron chi connectivity index (χ4n) is 2.20. The molecule has 0 atom stereocenters. The lowest BCUT2D eigenvalue weighted by atomic mass is 10.3. The Morgan fingerprint density at radius 1 is 1.48 bits per heavy atom. The van der Waals surface area contributed by atoms with Gasteiger partial charge in [0.05, 0.1) is 24.2 Å². The van der Waals surface area contributed by atoms with Gasteiger partial charge in [0.1, 0.15) is 0 Å². The monoisotopic (exact) mass is 339 g/mol. The van der Waals surface area contributed by atoms with Crippen LogP contribution in [-0.2, 0) is 9.47 Å². The minimum absolute atomic E-state index is 0.0309. The Morgan fingerprint density at radius 2 is 2.26 bits per heavy atom. The number of hydrogen-bond donors (Lipinski definition) is 1. The largest absolute Gasteiger partial charge is 0.462 e. The average Bonchev–Trinajstić information content (AvgIpc) is 3.06. The van der Waals surface area contributed by atoms with Crippen LogP contribution in [0.5, 0.6) is 0 Å². The van der Waals surface area contributed by atoms with Crippen LogP contribution in [0.1, 0.15) is 29.9 Å². The molecule has 0 aliphatic carbocycles. The van der Waals surface area contributed by atoms with E-state index in [0.717, 1.165) is 39.3 Å². The fraction of sp³-hybridized carbons (Fsp3) is 0.625. The third-order valence-corrected chi connectivity index (χ3v) is 4.17. The third-order valence-electron chi connectivity index (χ3n) is 3.30. The normalized spacial score (nSPS) is 16.6. The number of amides is 1. The molecule has 6 nitrogen and oxygen atoms in total. The summed E-state index contributed by atoms with van der Waals surface area (Å²) in [4.78, 5) is 19.5. The quantitative estimate of drug-likeness (QED) is 0.489. The standard InChI is InChI=1S/C16H25N3O3S/c1-13(2)22-16(18-15(20)14-5-3-12-23-14)17-6-4-7-19-8-10-21-11-9-19/h3,5,12-13H,4,6-11H2,1-2H3,(H,17,18,20). The second kappa shape index (κ2) is 9.64. The van der Waals surface area contributed by atoms with Crippen molar-refractivity contribution in [3.8, 4) is 0 Å². The van der Waals surface area contributed by atoms with Crippen LogP contribution in [0.15, 0.2) is 22.5 Å². The summed E-state index contributed by atoms with van der Waals surface area (Å²) < 4.78 is 10.9. The van der Waals surface area contributed by atoms with Gasteiger partial charge in [0.2, 0.25) is 0 Å². The number of rotatable bonds is 6. The maximum absolute atomic E-state index is 12.1. The van der Waals surface area contributed by atoms with Crippen molar-refractivity contribution < 1.29 is 14.3 Å². The minimum atomic E-state index is -0.174. The van der Waals surface area contributed by atoms with Crippen molar-refractivity contribution >= 4 is 23.3 Å². The summed E-state index contributed by atoms with van der Waals surface area (Å²) in [5.41, 5.74) is 0. The van der Waals surface area contributed by atoms with E-state index in [1.54, 1.807) is 6.07 Å². The van der Waals surface area contributed by atoms with Crippen molar-refractivity contribution in [3.63, 3.8) is 0 Å². The zero-order valence-corrected chi connectivity index (χ0v) is 14.6. The zero-order chi connectivity index (χ0) is 16.5. The Kier molecular flexibility index (Phi) is 7.51. The molecule has 1 aromatic heterocycles. The van der Waals surface area contributed by atoms with E-state index in [9.17, 15) is 4.79 Å². The molecule has 1 aliphatic rings. The number of nitrogens with one attached hydrogen (secondary N) is 1. The van der Waals surface area contributed by atoms with E-state index in [1.165, 1.54) is 11.3 Å². The van der Waals surface area contributed by atoms with Crippen LogP contribution in [0, 0.1) is 0 Å². The third kappa shape index (κ3) is 6.68. The van der Waals surface area contributed by atoms with Crippen LogP contribution in [0.2, 0.25) is 0 Å². The highest BCUT2D eigenvalue weighted by atomic mass is 32.1. The van der Waals surface area contributed by atoms with Crippen LogP contribution >= 0.6 is 11.3 Å². The molecule has 1 aromatic rings. The molecule has 2 rings (SSSR count). The van der Waals surface area contributed by atoms with Gasteiger partial charge in [-0.3, -0.25) is 15.0 Å². The molecule has 7 heteroatoms. The Morgan fingerprint density at radius 3 is 2.91 bits per heavy atom. The lowest BCUT2D eigenvalue weighted by Gasteiger charge is -2.26. The number of aliphatic imine (C=N–C) groups is 1. The van der Waals surface area contributed by atoms with Crippen molar-refractivity contribution in [1.29, 1.82) is 0 Å². The first-order valence-electron chi connectivity index (χ1n) is 8.01. The van der Waals surface area contributed by atoms with Gasteiger partial charge in [0.25, 0.3) is 11.9 Å².